The van der Waals surface area contributed by atoms with Crippen molar-refractivity contribution in [3.8, 4) is 0 Å². The van der Waals surface area contributed by atoms with Crippen LogP contribution in [0.2, 0.25) is 0 Å². The quantitative estimate of drug-likeness (QED) is 0.807. The highest BCUT2D eigenvalue weighted by Crippen LogP contribution is 2.23. The van der Waals surface area contributed by atoms with Gasteiger partial charge in [0.1, 0.15) is 5.69 Å². The van der Waals surface area contributed by atoms with E-state index in [1.807, 2.05) is 19.1 Å². The molecule has 6 nitrogen and oxygen atoms in total. The Morgan fingerprint density at radius 2 is 1.71 bits per heavy atom. The van der Waals surface area contributed by atoms with Gasteiger partial charge in [-0.25, -0.2) is 9.97 Å². The summed E-state index contributed by atoms with van der Waals surface area (Å²) in [6.07, 6.45) is 8.57. The molecule has 4 rings (SSSR count). The van der Waals surface area contributed by atoms with Crippen molar-refractivity contribution in [1.29, 1.82) is 0 Å². The van der Waals surface area contributed by atoms with Gasteiger partial charge in [-0.15, -0.1) is 0 Å². The number of amides is 1. The first-order valence-electron chi connectivity index (χ1n) is 10.5. The van der Waals surface area contributed by atoms with Gasteiger partial charge in [-0.1, -0.05) is 19.3 Å². The Morgan fingerprint density at radius 3 is 2.43 bits per heavy atom. The third-order valence-corrected chi connectivity index (χ3v) is 5.62. The van der Waals surface area contributed by atoms with Crippen LogP contribution < -0.4 is 15.5 Å². The molecule has 2 N–H and O–H groups in total. The van der Waals surface area contributed by atoms with Crippen molar-refractivity contribution in [2.75, 3.05) is 28.6 Å². The van der Waals surface area contributed by atoms with E-state index in [4.69, 9.17) is 0 Å². The second kappa shape index (κ2) is 8.59. The molecule has 1 saturated heterocycles. The smallest absolute Gasteiger partial charge is 0.274 e. The Morgan fingerprint density at radius 1 is 1.00 bits per heavy atom. The van der Waals surface area contributed by atoms with Gasteiger partial charge in [0.05, 0.1) is 0 Å². The fraction of sp³-hybridized carbons (Fsp3) is 0.500. The van der Waals surface area contributed by atoms with Crippen LogP contribution in [0.25, 0.3) is 0 Å². The first kappa shape index (κ1) is 18.7. The summed E-state index contributed by atoms with van der Waals surface area (Å²) in [4.78, 5) is 24.0. The Kier molecular flexibility index (Phi) is 5.74. The van der Waals surface area contributed by atoms with Crippen LogP contribution in [-0.2, 0) is 0 Å². The van der Waals surface area contributed by atoms with Crippen LogP contribution in [0.4, 0.5) is 17.3 Å². The summed E-state index contributed by atoms with van der Waals surface area (Å²) >= 11 is 0. The second-order valence-electron chi connectivity index (χ2n) is 7.89. The van der Waals surface area contributed by atoms with Crippen LogP contribution in [0.15, 0.2) is 30.3 Å². The van der Waals surface area contributed by atoms with Gasteiger partial charge < -0.3 is 15.5 Å². The van der Waals surface area contributed by atoms with Crippen LogP contribution in [-0.4, -0.2) is 35.0 Å². The average molecular weight is 380 g/mol. The van der Waals surface area contributed by atoms with Crippen LogP contribution in [0, 0.1) is 6.92 Å². The van der Waals surface area contributed by atoms with Crippen LogP contribution in [0.3, 0.4) is 0 Å². The van der Waals surface area contributed by atoms with E-state index in [9.17, 15) is 4.79 Å². The summed E-state index contributed by atoms with van der Waals surface area (Å²) in [5.74, 6) is 0.354. The van der Waals surface area contributed by atoms with E-state index in [1.165, 1.54) is 37.8 Å². The number of aryl methyl sites for hydroxylation is 1. The van der Waals surface area contributed by atoms with Gasteiger partial charge in [-0.05, 0) is 62.9 Å². The minimum Gasteiger partial charge on any atom is -0.372 e. The molecule has 2 fully saturated rings. The molecule has 1 amide bonds. The largest absolute Gasteiger partial charge is 0.372 e. The zero-order chi connectivity index (χ0) is 19.3. The molecule has 2 aliphatic rings. The molecular formula is C22H29N5O. The molecule has 0 spiro atoms. The Hall–Kier alpha value is -2.63. The molecule has 2 heterocycles. The fourth-order valence-electron chi connectivity index (χ4n) is 4.10. The van der Waals surface area contributed by atoms with E-state index in [-0.39, 0.29) is 5.91 Å². The standard InChI is InChI=1S/C22H29N5O/c1-16-15-20(26-22(23-16)25-17-7-3-2-4-8-17)21(28)24-18-9-11-19(12-10-18)27-13-5-6-14-27/h9-12,15,17H,2-8,13-14H2,1H3,(H,24,28)(H,23,25,26). The molecule has 0 unspecified atom stereocenters. The van der Waals surface area contributed by atoms with Crippen molar-refractivity contribution in [2.45, 2.75) is 57.9 Å². The minimum absolute atomic E-state index is 0.203. The maximum absolute atomic E-state index is 12.7. The summed E-state index contributed by atoms with van der Waals surface area (Å²) in [7, 11) is 0. The molecule has 28 heavy (non-hydrogen) atoms. The number of hydrogen-bond donors (Lipinski definition) is 2. The van der Waals surface area contributed by atoms with Gasteiger partial charge in [0.15, 0.2) is 0 Å². The Balaban J connectivity index is 1.42. The van der Waals surface area contributed by atoms with Crippen molar-refractivity contribution < 1.29 is 4.79 Å². The van der Waals surface area contributed by atoms with Gasteiger partial charge >= 0.3 is 0 Å². The molecule has 2 aromatic rings. The summed E-state index contributed by atoms with van der Waals surface area (Å²) in [6.45, 7) is 4.13. The third kappa shape index (κ3) is 4.61. The minimum atomic E-state index is -0.203. The van der Waals surface area contributed by atoms with Gasteiger partial charge in [0, 0.05) is 36.2 Å². The number of carbonyl (C=O) groups excluding carboxylic acids is 1. The lowest BCUT2D eigenvalue weighted by Gasteiger charge is -2.23. The van der Waals surface area contributed by atoms with E-state index in [0.29, 0.717) is 17.7 Å². The fourth-order valence-corrected chi connectivity index (χ4v) is 4.10. The highest BCUT2D eigenvalue weighted by atomic mass is 16.1. The summed E-state index contributed by atoms with van der Waals surface area (Å²) in [5, 5.41) is 6.37. The summed E-state index contributed by atoms with van der Waals surface area (Å²) < 4.78 is 0. The Labute approximate surface area is 166 Å². The van der Waals surface area contributed by atoms with Crippen molar-refractivity contribution >= 4 is 23.2 Å². The van der Waals surface area contributed by atoms with Crippen LogP contribution >= 0.6 is 0 Å². The highest BCUT2D eigenvalue weighted by Gasteiger charge is 2.17. The molecule has 0 atom stereocenters. The molecular weight excluding hydrogens is 350 g/mol. The lowest BCUT2D eigenvalue weighted by molar-refractivity contribution is 0.102. The lowest BCUT2D eigenvalue weighted by atomic mass is 9.96. The summed E-state index contributed by atoms with van der Waals surface area (Å²) in [5.41, 5.74) is 3.19. The van der Waals surface area contributed by atoms with Crippen molar-refractivity contribution in [1.82, 2.24) is 9.97 Å². The number of aromatic nitrogens is 2. The number of nitrogens with zero attached hydrogens (tertiary/aromatic N) is 3. The SMILES string of the molecule is Cc1cc(C(=O)Nc2ccc(N3CCCC3)cc2)nc(NC2CCCCC2)n1. The van der Waals surface area contributed by atoms with E-state index in [0.717, 1.165) is 37.3 Å². The first-order chi connectivity index (χ1) is 13.7. The number of rotatable bonds is 5. The predicted octanol–water partition coefficient (Wildman–Crippen LogP) is 4.38. The van der Waals surface area contributed by atoms with Crippen molar-refractivity contribution in [3.05, 3.63) is 41.7 Å². The zero-order valence-electron chi connectivity index (χ0n) is 16.6. The second-order valence-corrected chi connectivity index (χ2v) is 7.89. The number of benzene rings is 1. The maximum Gasteiger partial charge on any atom is 0.274 e. The lowest BCUT2D eigenvalue weighted by Crippen LogP contribution is -2.24. The average Bonchev–Trinajstić information content (AvgIpc) is 3.24. The normalized spacial score (nSPS) is 17.5. The Bertz CT molecular complexity index is 808. The number of anilines is 3. The van der Waals surface area contributed by atoms with Gasteiger partial charge in [-0.2, -0.15) is 0 Å². The molecule has 0 bridgehead atoms. The van der Waals surface area contributed by atoms with E-state index >= 15 is 0 Å². The van der Waals surface area contributed by atoms with E-state index in [1.54, 1.807) is 6.07 Å². The maximum atomic E-state index is 12.7. The third-order valence-electron chi connectivity index (χ3n) is 5.62. The molecule has 6 heteroatoms. The van der Waals surface area contributed by atoms with E-state index in [2.05, 4.69) is 37.6 Å². The van der Waals surface area contributed by atoms with Gasteiger partial charge in [-0.3, -0.25) is 4.79 Å². The molecule has 0 radical (unpaired) electrons. The first-order valence-corrected chi connectivity index (χ1v) is 10.5. The van der Waals surface area contributed by atoms with Crippen LogP contribution in [0.5, 0.6) is 0 Å². The van der Waals surface area contributed by atoms with E-state index < -0.39 is 0 Å². The number of nitrogens with one attached hydrogen (secondary N) is 2. The van der Waals surface area contributed by atoms with Gasteiger partial charge in [0.25, 0.3) is 5.91 Å². The van der Waals surface area contributed by atoms with Crippen molar-refractivity contribution in [2.24, 2.45) is 0 Å². The van der Waals surface area contributed by atoms with Crippen molar-refractivity contribution in [3.63, 3.8) is 0 Å². The highest BCUT2D eigenvalue weighted by molar-refractivity contribution is 6.03. The zero-order valence-corrected chi connectivity index (χ0v) is 16.6. The molecule has 1 saturated carbocycles. The molecule has 1 aromatic heterocycles. The molecule has 1 aliphatic carbocycles. The summed E-state index contributed by atoms with van der Waals surface area (Å²) in [6, 6.07) is 10.2. The molecule has 148 valence electrons. The van der Waals surface area contributed by atoms with Gasteiger partial charge in [0.2, 0.25) is 5.95 Å². The number of hydrogen-bond acceptors (Lipinski definition) is 5. The van der Waals surface area contributed by atoms with Crippen LogP contribution in [0.1, 0.15) is 61.1 Å². The molecule has 1 aliphatic heterocycles. The molecule has 1 aromatic carbocycles. The monoisotopic (exact) mass is 379 g/mol. The predicted molar refractivity (Wildman–Crippen MR) is 113 cm³/mol. The topological polar surface area (TPSA) is 70.2 Å². The number of carbonyl (C=O) groups is 1.